The van der Waals surface area contributed by atoms with Crippen molar-refractivity contribution in [1.82, 2.24) is 15.3 Å². The summed E-state index contributed by atoms with van der Waals surface area (Å²) < 4.78 is 0. The van der Waals surface area contributed by atoms with Gasteiger partial charge in [-0.05, 0) is 56.9 Å². The van der Waals surface area contributed by atoms with Gasteiger partial charge < -0.3 is 10.4 Å². The standard InChI is InChI=1S/C27H29N3O3/c1-3-10-19(4-2)18-28-27(33)21-15-16-22-24(17-21)29-23(13-8-9-14-25(31)32)26(30-22)20-11-6-5-7-12-20/h3-7,10-12,15-17H,8-9,13-14,18H2,1-2H3,(H,28,33)(H,31,32)/b10-3-,19-4+. The maximum Gasteiger partial charge on any atom is 0.303 e. The molecule has 0 aliphatic heterocycles. The zero-order valence-corrected chi connectivity index (χ0v) is 19.0. The van der Waals surface area contributed by atoms with Crippen molar-refractivity contribution in [3.63, 3.8) is 0 Å². The van der Waals surface area contributed by atoms with E-state index in [1.807, 2.05) is 68.5 Å². The molecular formula is C27H29N3O3. The lowest BCUT2D eigenvalue weighted by Crippen LogP contribution is -2.25. The average molecular weight is 444 g/mol. The van der Waals surface area contributed by atoms with Crippen LogP contribution in [0.4, 0.5) is 0 Å². The molecule has 0 aliphatic carbocycles. The highest BCUT2D eigenvalue weighted by molar-refractivity contribution is 5.97. The molecule has 0 bridgehead atoms. The third-order valence-electron chi connectivity index (χ3n) is 5.30. The number of aromatic nitrogens is 2. The zero-order chi connectivity index (χ0) is 23.6. The first-order valence-corrected chi connectivity index (χ1v) is 11.2. The molecule has 6 nitrogen and oxygen atoms in total. The quantitative estimate of drug-likeness (QED) is 0.326. The second-order valence-corrected chi connectivity index (χ2v) is 7.74. The van der Waals surface area contributed by atoms with Crippen LogP contribution >= 0.6 is 0 Å². The number of aryl methyl sites for hydroxylation is 1. The van der Waals surface area contributed by atoms with Gasteiger partial charge in [-0.2, -0.15) is 0 Å². The van der Waals surface area contributed by atoms with Gasteiger partial charge >= 0.3 is 5.97 Å². The molecule has 2 N–H and O–H groups in total. The minimum atomic E-state index is -0.797. The van der Waals surface area contributed by atoms with Crippen LogP contribution < -0.4 is 5.32 Å². The number of carboxylic acid groups (broad SMARTS) is 1. The largest absolute Gasteiger partial charge is 0.481 e. The molecule has 170 valence electrons. The summed E-state index contributed by atoms with van der Waals surface area (Å²) in [7, 11) is 0. The Balaban J connectivity index is 1.89. The molecule has 1 heterocycles. The van der Waals surface area contributed by atoms with Crippen LogP contribution in [-0.2, 0) is 11.2 Å². The first kappa shape index (κ1) is 23.9. The Morgan fingerprint density at radius 1 is 1.00 bits per heavy atom. The number of carboxylic acids is 1. The number of nitrogens with zero attached hydrogens (tertiary/aromatic N) is 2. The fraction of sp³-hybridized carbons (Fsp3) is 0.259. The van der Waals surface area contributed by atoms with Gasteiger partial charge in [-0.15, -0.1) is 0 Å². The van der Waals surface area contributed by atoms with Crippen LogP contribution in [0.25, 0.3) is 22.3 Å². The van der Waals surface area contributed by atoms with Crippen molar-refractivity contribution >= 4 is 22.9 Å². The second kappa shape index (κ2) is 11.7. The number of benzene rings is 2. The van der Waals surface area contributed by atoms with Crippen molar-refractivity contribution in [3.8, 4) is 11.3 Å². The molecule has 0 aliphatic rings. The molecule has 0 fully saturated rings. The van der Waals surface area contributed by atoms with E-state index in [1.54, 1.807) is 12.1 Å². The lowest BCUT2D eigenvalue weighted by molar-refractivity contribution is -0.137. The third-order valence-corrected chi connectivity index (χ3v) is 5.30. The van der Waals surface area contributed by atoms with E-state index in [-0.39, 0.29) is 12.3 Å². The summed E-state index contributed by atoms with van der Waals surface area (Å²) in [5, 5.41) is 11.9. The fourth-order valence-electron chi connectivity index (χ4n) is 3.56. The van der Waals surface area contributed by atoms with Crippen molar-refractivity contribution < 1.29 is 14.7 Å². The summed E-state index contributed by atoms with van der Waals surface area (Å²) in [6.45, 7) is 4.33. The van der Waals surface area contributed by atoms with Gasteiger partial charge in [0.15, 0.2) is 0 Å². The van der Waals surface area contributed by atoms with E-state index in [0.29, 0.717) is 42.4 Å². The average Bonchev–Trinajstić information content (AvgIpc) is 2.83. The Morgan fingerprint density at radius 3 is 2.48 bits per heavy atom. The van der Waals surface area contributed by atoms with E-state index in [4.69, 9.17) is 15.1 Å². The number of carbonyl (C=O) groups is 2. The van der Waals surface area contributed by atoms with E-state index in [1.165, 1.54) is 0 Å². The van der Waals surface area contributed by atoms with Gasteiger partial charge in [0.25, 0.3) is 5.91 Å². The molecule has 0 saturated heterocycles. The molecule has 33 heavy (non-hydrogen) atoms. The van der Waals surface area contributed by atoms with E-state index in [0.717, 1.165) is 22.5 Å². The number of amides is 1. The Hall–Kier alpha value is -3.80. The van der Waals surface area contributed by atoms with Gasteiger partial charge in [0, 0.05) is 24.1 Å². The third kappa shape index (κ3) is 6.59. The van der Waals surface area contributed by atoms with Crippen molar-refractivity contribution in [3.05, 3.63) is 83.6 Å². The van der Waals surface area contributed by atoms with Crippen molar-refractivity contribution in [2.75, 3.05) is 6.54 Å². The molecule has 1 amide bonds. The molecule has 0 spiro atoms. The lowest BCUT2D eigenvalue weighted by atomic mass is 10.0. The van der Waals surface area contributed by atoms with E-state index < -0.39 is 5.97 Å². The number of carbonyl (C=O) groups excluding carboxylic acids is 1. The molecule has 3 rings (SSSR count). The number of rotatable bonds is 10. The number of hydrogen-bond acceptors (Lipinski definition) is 4. The molecule has 0 saturated carbocycles. The monoisotopic (exact) mass is 443 g/mol. The van der Waals surface area contributed by atoms with Crippen LogP contribution in [0.2, 0.25) is 0 Å². The summed E-state index contributed by atoms with van der Waals surface area (Å²) in [5.41, 5.74) is 5.48. The van der Waals surface area contributed by atoms with Crippen LogP contribution in [0.5, 0.6) is 0 Å². The van der Waals surface area contributed by atoms with Crippen LogP contribution in [0.3, 0.4) is 0 Å². The Bertz CT molecular complexity index is 1180. The molecule has 0 unspecified atom stereocenters. The minimum Gasteiger partial charge on any atom is -0.481 e. The van der Waals surface area contributed by atoms with Crippen molar-refractivity contribution in [2.45, 2.75) is 39.5 Å². The minimum absolute atomic E-state index is 0.132. The number of hydrogen-bond donors (Lipinski definition) is 2. The molecule has 3 aromatic rings. The SMILES string of the molecule is C/C=C\C(=C/C)CNC(=O)c1ccc2nc(-c3ccccc3)c(CCCCC(=O)O)nc2c1. The van der Waals surface area contributed by atoms with Crippen LogP contribution in [-0.4, -0.2) is 33.5 Å². The summed E-state index contributed by atoms with van der Waals surface area (Å²) in [6, 6.07) is 15.2. The first-order valence-electron chi connectivity index (χ1n) is 11.2. The van der Waals surface area contributed by atoms with E-state index in [9.17, 15) is 9.59 Å². The molecule has 6 heteroatoms. The molecule has 0 radical (unpaired) electrons. The fourth-order valence-corrected chi connectivity index (χ4v) is 3.56. The molecule has 2 aromatic carbocycles. The van der Waals surface area contributed by atoms with Gasteiger partial charge in [0.1, 0.15) is 0 Å². The topological polar surface area (TPSA) is 92.2 Å². The van der Waals surface area contributed by atoms with Gasteiger partial charge in [0.2, 0.25) is 0 Å². The van der Waals surface area contributed by atoms with Crippen molar-refractivity contribution in [1.29, 1.82) is 0 Å². The molecule has 1 aromatic heterocycles. The number of allylic oxidation sites excluding steroid dienone is 2. The summed E-state index contributed by atoms with van der Waals surface area (Å²) in [5.74, 6) is -0.966. The first-order chi connectivity index (χ1) is 16.0. The van der Waals surface area contributed by atoms with Gasteiger partial charge in [-0.1, -0.05) is 48.6 Å². The number of unbranched alkanes of at least 4 members (excludes halogenated alkanes) is 1. The van der Waals surface area contributed by atoms with E-state index >= 15 is 0 Å². The van der Waals surface area contributed by atoms with Gasteiger partial charge in [-0.25, -0.2) is 9.97 Å². The predicted octanol–water partition coefficient (Wildman–Crippen LogP) is 5.35. The Morgan fingerprint density at radius 2 is 1.79 bits per heavy atom. The summed E-state index contributed by atoms with van der Waals surface area (Å²) >= 11 is 0. The van der Waals surface area contributed by atoms with Crippen LogP contribution in [0.1, 0.15) is 49.2 Å². The predicted molar refractivity (Wildman–Crippen MR) is 131 cm³/mol. The summed E-state index contributed by atoms with van der Waals surface area (Å²) in [6.07, 6.45) is 7.89. The number of fused-ring (bicyclic) bond motifs is 1. The van der Waals surface area contributed by atoms with Crippen LogP contribution in [0, 0.1) is 0 Å². The molecule has 0 atom stereocenters. The highest BCUT2D eigenvalue weighted by Crippen LogP contribution is 2.25. The maximum atomic E-state index is 12.7. The molecular weight excluding hydrogens is 414 g/mol. The maximum absolute atomic E-state index is 12.7. The number of nitrogens with one attached hydrogen (secondary N) is 1. The Labute approximate surface area is 194 Å². The summed E-state index contributed by atoms with van der Waals surface area (Å²) in [4.78, 5) is 33.2. The zero-order valence-electron chi connectivity index (χ0n) is 19.0. The highest BCUT2D eigenvalue weighted by atomic mass is 16.4. The lowest BCUT2D eigenvalue weighted by Gasteiger charge is -2.11. The van der Waals surface area contributed by atoms with Gasteiger partial charge in [-0.3, -0.25) is 9.59 Å². The van der Waals surface area contributed by atoms with Crippen LogP contribution in [0.15, 0.2) is 72.3 Å². The number of aliphatic carboxylic acids is 1. The second-order valence-electron chi connectivity index (χ2n) is 7.74. The highest BCUT2D eigenvalue weighted by Gasteiger charge is 2.13. The van der Waals surface area contributed by atoms with E-state index in [2.05, 4.69) is 5.32 Å². The normalized spacial score (nSPS) is 11.8. The van der Waals surface area contributed by atoms with Crippen molar-refractivity contribution in [2.24, 2.45) is 0 Å². The smallest absolute Gasteiger partial charge is 0.303 e. The Kier molecular flexibility index (Phi) is 8.47. The van der Waals surface area contributed by atoms with Gasteiger partial charge in [0.05, 0.1) is 22.4 Å².